The number of H-pyrrole nitrogens is 1. The van der Waals surface area contributed by atoms with E-state index in [-0.39, 0.29) is 6.04 Å². The summed E-state index contributed by atoms with van der Waals surface area (Å²) in [5, 5.41) is 8.28. The first-order chi connectivity index (χ1) is 12.2. The first-order valence-corrected chi connectivity index (χ1v) is 8.44. The van der Waals surface area contributed by atoms with Crippen molar-refractivity contribution in [2.75, 3.05) is 0 Å². The van der Waals surface area contributed by atoms with Crippen LogP contribution < -0.4 is 5.73 Å². The van der Waals surface area contributed by atoms with Gasteiger partial charge in [0.15, 0.2) is 0 Å². The van der Waals surface area contributed by atoms with E-state index in [0.29, 0.717) is 0 Å². The van der Waals surface area contributed by atoms with Crippen LogP contribution in [0, 0.1) is 6.92 Å². The number of fused-ring (bicyclic) bond motifs is 1. The summed E-state index contributed by atoms with van der Waals surface area (Å²) < 4.78 is 2.13. The Morgan fingerprint density at radius 3 is 2.84 bits per heavy atom. The van der Waals surface area contributed by atoms with Gasteiger partial charge in [0.2, 0.25) is 0 Å². The topological polar surface area (TPSA) is 72.5 Å². The Kier molecular flexibility index (Phi) is 4.07. The molecule has 1 unspecified atom stereocenters. The highest BCUT2D eigenvalue weighted by molar-refractivity contribution is 5.81. The van der Waals surface area contributed by atoms with Crippen LogP contribution in [-0.2, 0) is 13.0 Å². The summed E-state index contributed by atoms with van der Waals surface area (Å²) in [5.41, 5.74) is 11.2. The molecule has 2 aromatic carbocycles. The fourth-order valence-corrected chi connectivity index (χ4v) is 3.34. The molecule has 25 heavy (non-hydrogen) atoms. The van der Waals surface area contributed by atoms with Gasteiger partial charge in [-0.15, -0.1) is 0 Å². The van der Waals surface area contributed by atoms with Gasteiger partial charge in [0, 0.05) is 24.3 Å². The maximum atomic E-state index is 6.49. The van der Waals surface area contributed by atoms with Gasteiger partial charge in [-0.2, -0.15) is 5.10 Å². The number of nitrogens with two attached hydrogens (primary N) is 1. The first kappa shape index (κ1) is 15.6. The molecule has 0 amide bonds. The predicted octanol–water partition coefficient (Wildman–Crippen LogP) is 3.36. The Labute approximate surface area is 146 Å². The minimum atomic E-state index is -0.150. The van der Waals surface area contributed by atoms with Crippen molar-refractivity contribution in [1.29, 1.82) is 0 Å². The molecule has 0 fully saturated rings. The van der Waals surface area contributed by atoms with Crippen LogP contribution >= 0.6 is 0 Å². The van der Waals surface area contributed by atoms with E-state index >= 15 is 0 Å². The zero-order valence-electron chi connectivity index (χ0n) is 14.2. The summed E-state index contributed by atoms with van der Waals surface area (Å²) >= 11 is 0. The number of nitrogens with zero attached hydrogens (tertiary/aromatic N) is 3. The highest BCUT2D eigenvalue weighted by atomic mass is 15.1. The predicted molar refractivity (Wildman–Crippen MR) is 99.2 cm³/mol. The van der Waals surface area contributed by atoms with Crippen molar-refractivity contribution in [2.24, 2.45) is 5.73 Å². The maximum absolute atomic E-state index is 6.49. The number of aromatic nitrogens is 4. The lowest BCUT2D eigenvalue weighted by Crippen LogP contribution is -2.19. The van der Waals surface area contributed by atoms with E-state index in [1.165, 1.54) is 16.7 Å². The van der Waals surface area contributed by atoms with Gasteiger partial charge in [0.1, 0.15) is 5.82 Å². The maximum Gasteiger partial charge on any atom is 0.126 e. The van der Waals surface area contributed by atoms with E-state index in [4.69, 9.17) is 5.73 Å². The van der Waals surface area contributed by atoms with Crippen LogP contribution in [0.1, 0.15) is 28.6 Å². The van der Waals surface area contributed by atoms with Crippen molar-refractivity contribution in [3.63, 3.8) is 0 Å². The molecule has 0 saturated carbocycles. The van der Waals surface area contributed by atoms with Crippen LogP contribution in [0.15, 0.2) is 61.1 Å². The molecular formula is C20H21N5. The minimum Gasteiger partial charge on any atom is -0.329 e. The number of nitrogens with one attached hydrogen (secondary N) is 1. The summed E-state index contributed by atoms with van der Waals surface area (Å²) in [4.78, 5) is 4.50. The lowest BCUT2D eigenvalue weighted by Gasteiger charge is -2.15. The van der Waals surface area contributed by atoms with Crippen molar-refractivity contribution in [3.8, 4) is 0 Å². The third-order valence-electron chi connectivity index (χ3n) is 4.54. The summed E-state index contributed by atoms with van der Waals surface area (Å²) in [6.07, 6.45) is 6.41. The quantitative estimate of drug-likeness (QED) is 0.589. The number of hydrogen-bond acceptors (Lipinski definition) is 3. The van der Waals surface area contributed by atoms with Crippen molar-refractivity contribution >= 4 is 10.9 Å². The molecule has 0 spiro atoms. The van der Waals surface area contributed by atoms with E-state index in [1.54, 1.807) is 0 Å². The zero-order valence-corrected chi connectivity index (χ0v) is 14.2. The number of imidazole rings is 1. The number of hydrogen-bond donors (Lipinski definition) is 2. The highest BCUT2D eigenvalue weighted by Crippen LogP contribution is 2.22. The molecule has 0 aliphatic heterocycles. The average Bonchev–Trinajstić information content (AvgIpc) is 3.25. The molecule has 5 nitrogen and oxygen atoms in total. The van der Waals surface area contributed by atoms with Gasteiger partial charge in [-0.05, 0) is 36.1 Å². The number of aryl methyl sites for hydroxylation is 1. The lowest BCUT2D eigenvalue weighted by atomic mass is 10.0. The Balaban J connectivity index is 1.56. The molecule has 0 aliphatic rings. The SMILES string of the molecule is Cc1cc(CC(N)c2nccn2Cc2ccccc2)cc2cn[nH]c12. The fourth-order valence-electron chi connectivity index (χ4n) is 3.34. The molecule has 2 heterocycles. The van der Waals surface area contributed by atoms with E-state index in [2.05, 4.69) is 63.1 Å². The summed E-state index contributed by atoms with van der Waals surface area (Å²) in [7, 11) is 0. The van der Waals surface area contributed by atoms with E-state index in [9.17, 15) is 0 Å². The molecule has 0 bridgehead atoms. The Morgan fingerprint density at radius 1 is 1.16 bits per heavy atom. The number of aromatic amines is 1. The largest absolute Gasteiger partial charge is 0.329 e. The monoisotopic (exact) mass is 331 g/mol. The molecular weight excluding hydrogens is 310 g/mol. The van der Waals surface area contributed by atoms with Gasteiger partial charge < -0.3 is 10.3 Å². The molecule has 0 saturated heterocycles. The summed E-state index contributed by atoms with van der Waals surface area (Å²) in [6, 6.07) is 14.5. The first-order valence-electron chi connectivity index (χ1n) is 8.44. The van der Waals surface area contributed by atoms with Gasteiger partial charge >= 0.3 is 0 Å². The Morgan fingerprint density at radius 2 is 2.00 bits per heavy atom. The molecule has 3 N–H and O–H groups in total. The molecule has 126 valence electrons. The van der Waals surface area contributed by atoms with Crippen LogP contribution in [0.25, 0.3) is 10.9 Å². The Hall–Kier alpha value is -2.92. The van der Waals surface area contributed by atoms with Gasteiger partial charge in [0.05, 0.1) is 17.8 Å². The highest BCUT2D eigenvalue weighted by Gasteiger charge is 2.14. The molecule has 4 rings (SSSR count). The van der Waals surface area contributed by atoms with Crippen LogP contribution in [0.3, 0.4) is 0 Å². The molecule has 2 aromatic heterocycles. The van der Waals surface area contributed by atoms with Gasteiger partial charge in [-0.25, -0.2) is 4.98 Å². The number of benzene rings is 2. The van der Waals surface area contributed by atoms with Crippen LogP contribution in [0.4, 0.5) is 0 Å². The van der Waals surface area contributed by atoms with Crippen molar-refractivity contribution < 1.29 is 0 Å². The second-order valence-corrected chi connectivity index (χ2v) is 6.46. The van der Waals surface area contributed by atoms with Gasteiger partial charge in [-0.1, -0.05) is 36.4 Å². The minimum absolute atomic E-state index is 0.150. The smallest absolute Gasteiger partial charge is 0.126 e. The van der Waals surface area contributed by atoms with Gasteiger partial charge in [-0.3, -0.25) is 5.10 Å². The second kappa shape index (κ2) is 6.53. The summed E-state index contributed by atoms with van der Waals surface area (Å²) in [5.74, 6) is 0.911. The summed E-state index contributed by atoms with van der Waals surface area (Å²) in [6.45, 7) is 2.87. The van der Waals surface area contributed by atoms with Crippen molar-refractivity contribution in [3.05, 3.63) is 83.6 Å². The van der Waals surface area contributed by atoms with Crippen LogP contribution in [0.2, 0.25) is 0 Å². The Bertz CT molecular complexity index is 984. The zero-order chi connectivity index (χ0) is 17.2. The average molecular weight is 331 g/mol. The van der Waals surface area contributed by atoms with Gasteiger partial charge in [0.25, 0.3) is 0 Å². The van der Waals surface area contributed by atoms with Crippen LogP contribution in [0.5, 0.6) is 0 Å². The van der Waals surface area contributed by atoms with Crippen molar-refractivity contribution in [2.45, 2.75) is 25.9 Å². The second-order valence-electron chi connectivity index (χ2n) is 6.46. The third-order valence-corrected chi connectivity index (χ3v) is 4.54. The lowest BCUT2D eigenvalue weighted by molar-refractivity contribution is 0.610. The van der Waals surface area contributed by atoms with E-state index in [0.717, 1.165) is 29.7 Å². The van der Waals surface area contributed by atoms with E-state index < -0.39 is 0 Å². The standard InChI is InChI=1S/C20H21N5/c1-14-9-16(10-17-12-23-24-19(14)17)11-18(21)20-22-7-8-25(20)13-15-5-3-2-4-6-15/h2-10,12,18H,11,13,21H2,1H3,(H,23,24). The third kappa shape index (κ3) is 3.19. The fraction of sp³-hybridized carbons (Fsp3) is 0.200. The molecule has 0 radical (unpaired) electrons. The normalized spacial score (nSPS) is 12.6. The van der Waals surface area contributed by atoms with Crippen molar-refractivity contribution in [1.82, 2.24) is 19.7 Å². The van der Waals surface area contributed by atoms with Crippen LogP contribution in [-0.4, -0.2) is 19.7 Å². The molecule has 5 heteroatoms. The molecule has 4 aromatic rings. The molecule has 0 aliphatic carbocycles. The van der Waals surface area contributed by atoms with E-state index in [1.807, 2.05) is 24.7 Å². The number of rotatable bonds is 5. The molecule has 1 atom stereocenters.